The van der Waals surface area contributed by atoms with E-state index in [1.807, 2.05) is 0 Å². The van der Waals surface area contributed by atoms with Crippen LogP contribution in [0.4, 0.5) is 0 Å². The molecule has 7 nitrogen and oxygen atoms in total. The number of aromatic nitrogens is 2. The normalized spacial score (nSPS) is 19.7. The van der Waals surface area contributed by atoms with Gasteiger partial charge in [0.2, 0.25) is 0 Å². The summed E-state index contributed by atoms with van der Waals surface area (Å²) in [6.07, 6.45) is 5.03. The summed E-state index contributed by atoms with van der Waals surface area (Å²) in [4.78, 5) is 41.0. The first kappa shape index (κ1) is 21.6. The van der Waals surface area contributed by atoms with E-state index in [-0.39, 0.29) is 33.6 Å². The molecular formula is C23H24Cl2N4O3. The van der Waals surface area contributed by atoms with E-state index in [1.165, 1.54) is 0 Å². The molecule has 2 aliphatic heterocycles. The summed E-state index contributed by atoms with van der Waals surface area (Å²) in [6.45, 7) is 3.37. The van der Waals surface area contributed by atoms with Gasteiger partial charge in [0.05, 0.1) is 16.8 Å². The number of halogens is 2. The largest absolute Gasteiger partial charge is 0.337 e. The van der Waals surface area contributed by atoms with E-state index in [2.05, 4.69) is 15.1 Å². The van der Waals surface area contributed by atoms with Crippen LogP contribution in [0.3, 0.4) is 0 Å². The number of H-pyrrole nitrogens is 1. The number of Topliss-reactive ketones (excluding diaryl/α,β-unsaturated/α-hetero) is 1. The molecule has 0 radical (unpaired) electrons. The van der Waals surface area contributed by atoms with Crippen molar-refractivity contribution in [2.24, 2.45) is 11.3 Å². The highest BCUT2D eigenvalue weighted by Gasteiger charge is 2.54. The zero-order valence-electron chi connectivity index (χ0n) is 17.8. The first-order chi connectivity index (χ1) is 15.3. The Morgan fingerprint density at radius 3 is 2.75 bits per heavy atom. The first-order valence-corrected chi connectivity index (χ1v) is 11.6. The van der Waals surface area contributed by atoms with Gasteiger partial charge in [-0.05, 0) is 60.9 Å². The Bertz CT molecular complexity index is 1160. The lowest BCUT2D eigenvalue weighted by Crippen LogP contribution is -2.63. The van der Waals surface area contributed by atoms with E-state index in [9.17, 15) is 14.4 Å². The van der Waals surface area contributed by atoms with Crippen LogP contribution in [0.5, 0.6) is 0 Å². The number of hydrogen-bond acceptors (Lipinski definition) is 5. The van der Waals surface area contributed by atoms with Crippen molar-refractivity contribution in [1.82, 2.24) is 20.0 Å². The van der Waals surface area contributed by atoms with Crippen LogP contribution in [0.1, 0.15) is 51.1 Å². The van der Waals surface area contributed by atoms with Gasteiger partial charge in [-0.25, -0.2) is 5.10 Å². The summed E-state index contributed by atoms with van der Waals surface area (Å²) in [6, 6.07) is 3.45. The minimum absolute atomic E-state index is 0.0179. The second kappa shape index (κ2) is 7.97. The Hall–Kier alpha value is -2.22. The third-order valence-corrected chi connectivity index (χ3v) is 7.85. The molecule has 0 atom stereocenters. The molecule has 9 heteroatoms. The van der Waals surface area contributed by atoms with E-state index >= 15 is 0 Å². The predicted octanol–water partition coefficient (Wildman–Crippen LogP) is 3.19. The summed E-state index contributed by atoms with van der Waals surface area (Å²) < 4.78 is 0. The van der Waals surface area contributed by atoms with Crippen LogP contribution < -0.4 is 5.56 Å². The van der Waals surface area contributed by atoms with Crippen LogP contribution in [0.15, 0.2) is 23.1 Å². The topological polar surface area (TPSA) is 86.4 Å². The zero-order valence-corrected chi connectivity index (χ0v) is 19.3. The third kappa shape index (κ3) is 3.56. The Morgan fingerprint density at radius 1 is 1.25 bits per heavy atom. The minimum Gasteiger partial charge on any atom is -0.337 e. The molecule has 1 saturated carbocycles. The highest BCUT2D eigenvalue weighted by molar-refractivity contribution is 6.34. The molecule has 168 valence electrons. The fraction of sp³-hybridized carbons (Fsp3) is 0.478. The molecule has 0 bridgehead atoms. The average Bonchev–Trinajstić information content (AvgIpc) is 3.00. The van der Waals surface area contributed by atoms with Gasteiger partial charge < -0.3 is 9.80 Å². The quantitative estimate of drug-likeness (QED) is 0.649. The molecule has 5 rings (SSSR count). The molecule has 1 saturated heterocycles. The average molecular weight is 475 g/mol. The fourth-order valence-corrected chi connectivity index (χ4v) is 5.99. The number of nitrogens with zero attached hydrogens (tertiary/aromatic N) is 3. The molecule has 1 aliphatic carbocycles. The smallest absolute Gasteiger partial charge is 0.283 e. The van der Waals surface area contributed by atoms with Gasteiger partial charge in [0.15, 0.2) is 5.78 Å². The van der Waals surface area contributed by atoms with Crippen LogP contribution in [-0.4, -0.2) is 58.4 Å². The SMILES string of the molecule is CN1Cc2c(C(=O)C3CC4(C3)CN(CCCc3cn[nH]c(=O)c3Cl)C4)ccc(Cl)c2C1=O. The Kier molecular flexibility index (Phi) is 5.39. The van der Waals surface area contributed by atoms with Crippen LogP contribution in [0.2, 0.25) is 10.0 Å². The molecule has 32 heavy (non-hydrogen) atoms. The standard InChI is InChI=1S/C23H24Cl2N4O3/c1-28-10-16-15(4-5-17(24)18(16)22(28)32)20(30)14-7-23(8-14)11-29(12-23)6-2-3-13-9-26-27-21(31)19(13)25/h4-5,9,14H,2-3,6-8,10-12H2,1H3,(H,27,31). The minimum atomic E-state index is -0.348. The lowest BCUT2D eigenvalue weighted by atomic mass is 9.56. The first-order valence-electron chi connectivity index (χ1n) is 10.8. The Balaban J connectivity index is 1.14. The number of carbonyl (C=O) groups excluding carboxylic acids is 2. The molecule has 3 aliphatic rings. The number of likely N-dealkylation sites (tertiary alicyclic amines) is 1. The number of aromatic amines is 1. The van der Waals surface area contributed by atoms with E-state index in [0.29, 0.717) is 22.7 Å². The number of benzene rings is 1. The zero-order chi connectivity index (χ0) is 22.6. The van der Waals surface area contributed by atoms with Gasteiger partial charge in [0.1, 0.15) is 5.02 Å². The maximum Gasteiger partial charge on any atom is 0.283 e. The van der Waals surface area contributed by atoms with E-state index < -0.39 is 0 Å². The van der Waals surface area contributed by atoms with Gasteiger partial charge >= 0.3 is 0 Å². The van der Waals surface area contributed by atoms with Crippen molar-refractivity contribution in [3.8, 4) is 0 Å². The summed E-state index contributed by atoms with van der Waals surface area (Å²) in [5.41, 5.74) is 2.59. The van der Waals surface area contributed by atoms with Gasteiger partial charge in [0.25, 0.3) is 11.5 Å². The van der Waals surface area contributed by atoms with Crippen molar-refractivity contribution in [1.29, 1.82) is 0 Å². The molecule has 2 aromatic rings. The number of hydrogen-bond donors (Lipinski definition) is 1. The van der Waals surface area contributed by atoms with Crippen molar-refractivity contribution in [2.75, 3.05) is 26.7 Å². The number of rotatable bonds is 6. The summed E-state index contributed by atoms with van der Waals surface area (Å²) in [7, 11) is 1.73. The van der Waals surface area contributed by atoms with Crippen LogP contribution in [-0.2, 0) is 13.0 Å². The third-order valence-electron chi connectivity index (χ3n) is 7.12. The lowest BCUT2D eigenvalue weighted by Gasteiger charge is -2.59. The number of carbonyl (C=O) groups is 2. The van der Waals surface area contributed by atoms with Crippen LogP contribution in [0.25, 0.3) is 0 Å². The molecule has 1 N–H and O–H groups in total. The molecule has 1 aromatic carbocycles. The number of amides is 1. The maximum atomic E-state index is 13.2. The molecule has 1 spiro atoms. The molecule has 2 fully saturated rings. The molecule has 1 aromatic heterocycles. The van der Waals surface area contributed by atoms with Gasteiger partial charge in [-0.2, -0.15) is 5.10 Å². The molecule has 0 unspecified atom stereocenters. The predicted molar refractivity (Wildman–Crippen MR) is 121 cm³/mol. The number of fused-ring (bicyclic) bond motifs is 1. The summed E-state index contributed by atoms with van der Waals surface area (Å²) >= 11 is 12.3. The molecule has 1 amide bonds. The summed E-state index contributed by atoms with van der Waals surface area (Å²) in [5.74, 6) is 0.0439. The molecule has 3 heterocycles. The summed E-state index contributed by atoms with van der Waals surface area (Å²) in [5, 5.41) is 6.79. The van der Waals surface area contributed by atoms with E-state index in [4.69, 9.17) is 23.2 Å². The van der Waals surface area contributed by atoms with Crippen molar-refractivity contribution < 1.29 is 9.59 Å². The van der Waals surface area contributed by atoms with Gasteiger partial charge in [-0.1, -0.05) is 23.2 Å². The molecular weight excluding hydrogens is 451 g/mol. The fourth-order valence-electron chi connectivity index (χ4n) is 5.54. The van der Waals surface area contributed by atoms with Crippen molar-refractivity contribution in [3.63, 3.8) is 0 Å². The van der Waals surface area contributed by atoms with Gasteiger partial charge in [-0.15, -0.1) is 0 Å². The van der Waals surface area contributed by atoms with Crippen LogP contribution in [0, 0.1) is 11.3 Å². The lowest BCUT2D eigenvalue weighted by molar-refractivity contribution is -0.0837. The van der Waals surface area contributed by atoms with E-state index in [0.717, 1.165) is 56.4 Å². The Labute approximate surface area is 195 Å². The number of ketones is 1. The van der Waals surface area contributed by atoms with Crippen LogP contribution >= 0.6 is 23.2 Å². The monoisotopic (exact) mass is 474 g/mol. The van der Waals surface area contributed by atoms with Crippen molar-refractivity contribution >= 4 is 34.9 Å². The number of aryl methyl sites for hydroxylation is 1. The Morgan fingerprint density at radius 2 is 2.00 bits per heavy atom. The van der Waals surface area contributed by atoms with Gasteiger partial charge in [0, 0.05) is 38.2 Å². The highest BCUT2D eigenvalue weighted by atomic mass is 35.5. The van der Waals surface area contributed by atoms with Gasteiger partial charge in [-0.3, -0.25) is 14.4 Å². The van der Waals surface area contributed by atoms with E-state index in [1.54, 1.807) is 30.3 Å². The highest BCUT2D eigenvalue weighted by Crippen LogP contribution is 2.53. The second-order valence-corrected chi connectivity index (χ2v) is 10.2. The maximum absolute atomic E-state index is 13.2. The second-order valence-electron chi connectivity index (χ2n) is 9.43. The van der Waals surface area contributed by atoms with Crippen molar-refractivity contribution in [2.45, 2.75) is 32.2 Å². The van der Waals surface area contributed by atoms with Crippen molar-refractivity contribution in [3.05, 3.63) is 61.0 Å². The number of nitrogens with one attached hydrogen (secondary N) is 1.